The average molecular weight is 394 g/mol. The van der Waals surface area contributed by atoms with Crippen molar-refractivity contribution in [2.45, 2.75) is 6.92 Å². The molecule has 0 radical (unpaired) electrons. The molecule has 1 heterocycles. The second-order valence-electron chi connectivity index (χ2n) is 6.14. The first kappa shape index (κ1) is 19.5. The van der Waals surface area contributed by atoms with Crippen molar-refractivity contribution < 1.29 is 29.8 Å². The minimum absolute atomic E-state index is 0.0474. The second-order valence-corrected chi connectivity index (χ2v) is 6.14. The smallest absolute Gasteiger partial charge is 0.339 e. The molecule has 1 aromatic heterocycles. The largest absolute Gasteiger partial charge is 0.507 e. The summed E-state index contributed by atoms with van der Waals surface area (Å²) in [4.78, 5) is 37.6. The van der Waals surface area contributed by atoms with Crippen molar-refractivity contribution in [3.63, 3.8) is 0 Å². The first-order chi connectivity index (χ1) is 13.7. The van der Waals surface area contributed by atoms with Crippen molar-refractivity contribution in [2.24, 2.45) is 0 Å². The van der Waals surface area contributed by atoms with Gasteiger partial charge in [0.25, 0.3) is 5.69 Å². The Balaban J connectivity index is 2.10. The molecule has 29 heavy (non-hydrogen) atoms. The topological polar surface area (TPSA) is 151 Å². The molecule has 0 saturated heterocycles. The number of aromatic nitrogens is 1. The quantitative estimate of drug-likeness (QED) is 0.337. The number of carbonyl (C=O) groups excluding carboxylic acids is 1. The fourth-order valence-corrected chi connectivity index (χ4v) is 2.85. The molecule has 3 rings (SSSR count). The molecular weight excluding hydrogens is 380 g/mol. The molecule has 0 aliphatic heterocycles. The minimum Gasteiger partial charge on any atom is -0.507 e. The van der Waals surface area contributed by atoms with Gasteiger partial charge in [0.15, 0.2) is 5.78 Å². The number of pyridine rings is 1. The highest BCUT2D eigenvalue weighted by Crippen LogP contribution is 2.30. The van der Waals surface area contributed by atoms with Gasteiger partial charge in [0.2, 0.25) is 0 Å². The predicted molar refractivity (Wildman–Crippen MR) is 104 cm³/mol. The molecular formula is C20H14N2O7. The molecule has 9 nitrogen and oxygen atoms in total. The number of carboxylic acids is 1. The highest BCUT2D eigenvalue weighted by Gasteiger charge is 2.20. The van der Waals surface area contributed by atoms with Crippen molar-refractivity contribution in [1.82, 2.24) is 4.98 Å². The van der Waals surface area contributed by atoms with Gasteiger partial charge in [-0.25, -0.2) is 9.78 Å². The Bertz CT molecular complexity index is 1220. The SMILES string of the molecule is CC(=O)c1ccc(O)c2nc(/C=C/c3cc(C(=O)O)c(O)cc3[N+](=O)[O-])ccc12. The molecule has 9 heteroatoms. The molecule has 0 fully saturated rings. The van der Waals surface area contributed by atoms with Crippen molar-refractivity contribution >= 4 is 40.5 Å². The maximum absolute atomic E-state index is 11.7. The molecule has 0 amide bonds. The summed E-state index contributed by atoms with van der Waals surface area (Å²) in [6.07, 6.45) is 2.67. The molecule has 2 aromatic carbocycles. The van der Waals surface area contributed by atoms with Crippen LogP contribution in [0, 0.1) is 10.1 Å². The zero-order chi connectivity index (χ0) is 21.3. The van der Waals surface area contributed by atoms with Gasteiger partial charge in [-0.05, 0) is 49.4 Å². The molecule has 0 bridgehead atoms. The lowest BCUT2D eigenvalue weighted by Crippen LogP contribution is -2.00. The van der Waals surface area contributed by atoms with E-state index in [1.165, 1.54) is 31.2 Å². The number of hydrogen-bond donors (Lipinski definition) is 3. The highest BCUT2D eigenvalue weighted by atomic mass is 16.6. The number of benzene rings is 2. The number of ketones is 1. The van der Waals surface area contributed by atoms with Crippen LogP contribution >= 0.6 is 0 Å². The zero-order valence-electron chi connectivity index (χ0n) is 15.0. The van der Waals surface area contributed by atoms with Crippen LogP contribution in [0.1, 0.15) is 38.9 Å². The van der Waals surface area contributed by atoms with Gasteiger partial charge >= 0.3 is 5.97 Å². The summed E-state index contributed by atoms with van der Waals surface area (Å²) in [5.74, 6) is -2.48. The van der Waals surface area contributed by atoms with E-state index < -0.39 is 27.9 Å². The number of hydrogen-bond acceptors (Lipinski definition) is 7. The lowest BCUT2D eigenvalue weighted by molar-refractivity contribution is -0.385. The standard InChI is InChI=1S/C20H14N2O7/c1-10(23)13-6-7-17(24)19-14(13)5-4-12(21-19)3-2-11-8-15(20(26)27)18(25)9-16(11)22(28)29/h2-9,24-25H,1H3,(H,26,27)/b3-2+. The number of rotatable bonds is 5. The number of aromatic carboxylic acids is 1. The van der Waals surface area contributed by atoms with Gasteiger partial charge in [-0.15, -0.1) is 0 Å². The first-order valence-corrected chi connectivity index (χ1v) is 8.25. The number of nitrogens with zero attached hydrogens (tertiary/aromatic N) is 2. The van der Waals surface area contributed by atoms with Crippen molar-refractivity contribution in [3.8, 4) is 11.5 Å². The maximum Gasteiger partial charge on any atom is 0.339 e. The van der Waals surface area contributed by atoms with Gasteiger partial charge in [0.1, 0.15) is 22.6 Å². The second kappa shape index (κ2) is 7.39. The summed E-state index contributed by atoms with van der Waals surface area (Å²) in [5.41, 5.74) is -0.120. The van der Waals surface area contributed by atoms with E-state index in [4.69, 9.17) is 5.11 Å². The number of Topliss-reactive ketones (excluding diaryl/α,β-unsaturated/α-hetero) is 1. The number of aromatic hydroxyl groups is 2. The van der Waals surface area contributed by atoms with E-state index in [2.05, 4.69) is 4.98 Å². The van der Waals surface area contributed by atoms with Crippen LogP contribution in [-0.4, -0.2) is 37.0 Å². The third-order valence-electron chi connectivity index (χ3n) is 4.24. The summed E-state index contributed by atoms with van der Waals surface area (Å²) in [5, 5.41) is 40.5. The number of carbonyl (C=O) groups is 2. The fraction of sp³-hybridized carbons (Fsp3) is 0.0500. The number of nitro benzene ring substituents is 1. The molecule has 0 aliphatic rings. The Kier molecular flexibility index (Phi) is 4.97. The Morgan fingerprint density at radius 3 is 2.38 bits per heavy atom. The minimum atomic E-state index is -1.43. The summed E-state index contributed by atoms with van der Waals surface area (Å²) in [7, 11) is 0. The number of phenols is 2. The van der Waals surface area contributed by atoms with E-state index in [-0.39, 0.29) is 22.6 Å². The van der Waals surface area contributed by atoms with Crippen molar-refractivity contribution in [2.75, 3.05) is 0 Å². The molecule has 0 unspecified atom stereocenters. The predicted octanol–water partition coefficient (Wildman–Crippen LogP) is 3.63. The van der Waals surface area contributed by atoms with E-state index >= 15 is 0 Å². The zero-order valence-corrected chi connectivity index (χ0v) is 15.0. The van der Waals surface area contributed by atoms with Crippen LogP contribution in [0.5, 0.6) is 11.5 Å². The van der Waals surface area contributed by atoms with Gasteiger partial charge in [-0.1, -0.05) is 0 Å². The normalized spacial score (nSPS) is 11.1. The lowest BCUT2D eigenvalue weighted by Gasteiger charge is -2.06. The number of carboxylic acid groups (broad SMARTS) is 1. The number of nitro groups is 1. The number of fused-ring (bicyclic) bond motifs is 1. The van der Waals surface area contributed by atoms with Gasteiger partial charge < -0.3 is 15.3 Å². The Hall–Kier alpha value is -4.27. The van der Waals surface area contributed by atoms with E-state index in [0.29, 0.717) is 16.6 Å². The third kappa shape index (κ3) is 3.74. The van der Waals surface area contributed by atoms with E-state index in [0.717, 1.165) is 12.1 Å². The van der Waals surface area contributed by atoms with E-state index in [1.54, 1.807) is 12.1 Å². The van der Waals surface area contributed by atoms with Crippen LogP contribution < -0.4 is 0 Å². The Morgan fingerprint density at radius 2 is 1.76 bits per heavy atom. The summed E-state index contributed by atoms with van der Waals surface area (Å²) >= 11 is 0. The van der Waals surface area contributed by atoms with Gasteiger partial charge in [-0.2, -0.15) is 0 Å². The molecule has 0 saturated carbocycles. The van der Waals surface area contributed by atoms with Gasteiger partial charge in [-0.3, -0.25) is 14.9 Å². The third-order valence-corrected chi connectivity index (χ3v) is 4.24. The fourth-order valence-electron chi connectivity index (χ4n) is 2.85. The Morgan fingerprint density at radius 1 is 1.03 bits per heavy atom. The van der Waals surface area contributed by atoms with Crippen LogP contribution in [0.15, 0.2) is 36.4 Å². The summed E-state index contributed by atoms with van der Waals surface area (Å²) in [6, 6.07) is 7.73. The van der Waals surface area contributed by atoms with Crippen LogP contribution in [0.2, 0.25) is 0 Å². The molecule has 0 aliphatic carbocycles. The average Bonchev–Trinajstić information content (AvgIpc) is 2.66. The first-order valence-electron chi connectivity index (χ1n) is 8.25. The summed E-state index contributed by atoms with van der Waals surface area (Å²) in [6.45, 7) is 1.39. The van der Waals surface area contributed by atoms with Crippen LogP contribution in [0.3, 0.4) is 0 Å². The van der Waals surface area contributed by atoms with Crippen molar-refractivity contribution in [3.05, 3.63) is 68.9 Å². The van der Waals surface area contributed by atoms with Gasteiger partial charge in [0.05, 0.1) is 22.2 Å². The highest BCUT2D eigenvalue weighted by molar-refractivity contribution is 6.07. The molecule has 0 atom stereocenters. The molecule has 0 spiro atoms. The van der Waals surface area contributed by atoms with Gasteiger partial charge in [0, 0.05) is 10.9 Å². The van der Waals surface area contributed by atoms with E-state index in [1.807, 2.05) is 0 Å². The monoisotopic (exact) mass is 394 g/mol. The summed E-state index contributed by atoms with van der Waals surface area (Å²) < 4.78 is 0. The van der Waals surface area contributed by atoms with Crippen LogP contribution in [0.4, 0.5) is 5.69 Å². The molecule has 3 N–H and O–H groups in total. The van der Waals surface area contributed by atoms with E-state index in [9.17, 15) is 29.9 Å². The molecule has 146 valence electrons. The lowest BCUT2D eigenvalue weighted by atomic mass is 10.0. The number of phenolic OH excluding ortho intramolecular Hbond substituents is 1. The molecule has 3 aromatic rings. The Labute approximate surface area is 163 Å². The van der Waals surface area contributed by atoms with Crippen LogP contribution in [-0.2, 0) is 0 Å². The maximum atomic E-state index is 11.7. The van der Waals surface area contributed by atoms with Crippen molar-refractivity contribution in [1.29, 1.82) is 0 Å². The van der Waals surface area contributed by atoms with Crippen LogP contribution in [0.25, 0.3) is 23.1 Å².